The Morgan fingerprint density at radius 3 is 2.62 bits per heavy atom. The van der Waals surface area contributed by atoms with Crippen molar-refractivity contribution in [2.45, 2.75) is 25.7 Å². The first kappa shape index (κ1) is 13.8. The highest BCUT2D eigenvalue weighted by molar-refractivity contribution is 5.81. The summed E-state index contributed by atoms with van der Waals surface area (Å²) in [6.07, 6.45) is 3.01. The van der Waals surface area contributed by atoms with Crippen LogP contribution in [-0.4, -0.2) is 12.9 Å². The van der Waals surface area contributed by atoms with Crippen LogP contribution in [0.25, 0.3) is 11.1 Å². The molecule has 0 aromatic heterocycles. The fraction of sp³-hybridized carbons (Fsp3) is 0.278. The summed E-state index contributed by atoms with van der Waals surface area (Å²) < 4.78 is 19.2. The number of halogens is 1. The van der Waals surface area contributed by atoms with Gasteiger partial charge in [-0.3, -0.25) is 4.79 Å². The Labute approximate surface area is 123 Å². The number of hydrogen-bond acceptors (Lipinski definition) is 2. The van der Waals surface area contributed by atoms with E-state index in [0.29, 0.717) is 23.8 Å². The highest BCUT2D eigenvalue weighted by Gasteiger charge is 2.27. The van der Waals surface area contributed by atoms with Crippen LogP contribution < -0.4 is 4.74 Å². The number of aldehydes is 1. The SMILES string of the molecule is CCOc1cc(C=O)ccc1-c1ccc(F)cc1C1CC1. The molecule has 3 heteroatoms. The van der Waals surface area contributed by atoms with E-state index >= 15 is 0 Å². The molecule has 0 radical (unpaired) electrons. The van der Waals surface area contributed by atoms with Crippen molar-refractivity contribution in [3.05, 3.63) is 53.3 Å². The van der Waals surface area contributed by atoms with Crippen molar-refractivity contribution in [2.24, 2.45) is 0 Å². The van der Waals surface area contributed by atoms with Crippen LogP contribution in [0, 0.1) is 5.82 Å². The molecule has 1 aliphatic rings. The first-order chi connectivity index (χ1) is 10.2. The Kier molecular flexibility index (Phi) is 3.74. The fourth-order valence-corrected chi connectivity index (χ4v) is 2.62. The topological polar surface area (TPSA) is 26.3 Å². The van der Waals surface area contributed by atoms with E-state index in [1.165, 1.54) is 6.07 Å². The minimum Gasteiger partial charge on any atom is -0.493 e. The van der Waals surface area contributed by atoms with E-state index in [2.05, 4.69) is 0 Å². The number of carbonyl (C=O) groups is 1. The summed E-state index contributed by atoms with van der Waals surface area (Å²) in [7, 11) is 0. The summed E-state index contributed by atoms with van der Waals surface area (Å²) >= 11 is 0. The van der Waals surface area contributed by atoms with Crippen molar-refractivity contribution in [3.8, 4) is 16.9 Å². The zero-order chi connectivity index (χ0) is 14.8. The average molecular weight is 284 g/mol. The van der Waals surface area contributed by atoms with Crippen molar-refractivity contribution < 1.29 is 13.9 Å². The number of benzene rings is 2. The highest BCUT2D eigenvalue weighted by atomic mass is 19.1. The normalized spacial score (nSPS) is 14.0. The zero-order valence-corrected chi connectivity index (χ0v) is 11.9. The quantitative estimate of drug-likeness (QED) is 0.751. The molecule has 1 fully saturated rings. The first-order valence-corrected chi connectivity index (χ1v) is 7.24. The summed E-state index contributed by atoms with van der Waals surface area (Å²) in [5.41, 5.74) is 3.54. The molecule has 0 spiro atoms. The highest BCUT2D eigenvalue weighted by Crippen LogP contribution is 2.46. The third-order valence-corrected chi connectivity index (χ3v) is 3.76. The molecule has 0 bridgehead atoms. The summed E-state index contributed by atoms with van der Waals surface area (Å²) in [4.78, 5) is 10.9. The van der Waals surface area contributed by atoms with E-state index in [0.717, 1.165) is 35.8 Å². The molecule has 2 aromatic rings. The van der Waals surface area contributed by atoms with Gasteiger partial charge >= 0.3 is 0 Å². The Balaban J connectivity index is 2.13. The summed E-state index contributed by atoms with van der Waals surface area (Å²) in [6.45, 7) is 2.43. The predicted octanol–water partition coefficient (Wildman–Crippen LogP) is 4.58. The number of rotatable bonds is 5. The maximum atomic E-state index is 13.5. The monoisotopic (exact) mass is 284 g/mol. The largest absolute Gasteiger partial charge is 0.493 e. The van der Waals surface area contributed by atoms with Crippen molar-refractivity contribution >= 4 is 6.29 Å². The molecular formula is C18H17FO2. The van der Waals surface area contributed by atoms with Gasteiger partial charge in [0.25, 0.3) is 0 Å². The maximum absolute atomic E-state index is 13.5. The van der Waals surface area contributed by atoms with Crippen molar-refractivity contribution in [1.29, 1.82) is 0 Å². The van der Waals surface area contributed by atoms with Gasteiger partial charge in [0.2, 0.25) is 0 Å². The molecule has 0 amide bonds. The molecule has 0 unspecified atom stereocenters. The van der Waals surface area contributed by atoms with Crippen LogP contribution in [-0.2, 0) is 0 Å². The lowest BCUT2D eigenvalue weighted by Crippen LogP contribution is -1.97. The number of carbonyl (C=O) groups excluding carboxylic acids is 1. The fourth-order valence-electron chi connectivity index (χ4n) is 2.62. The van der Waals surface area contributed by atoms with Crippen LogP contribution in [0.5, 0.6) is 5.75 Å². The summed E-state index contributed by atoms with van der Waals surface area (Å²) in [5.74, 6) is 0.912. The molecule has 0 saturated heterocycles. The molecule has 1 saturated carbocycles. The van der Waals surface area contributed by atoms with Gasteiger partial charge in [0.1, 0.15) is 17.9 Å². The van der Waals surface area contributed by atoms with Crippen LogP contribution >= 0.6 is 0 Å². The smallest absolute Gasteiger partial charge is 0.150 e. The van der Waals surface area contributed by atoms with Gasteiger partial charge in [-0.25, -0.2) is 4.39 Å². The maximum Gasteiger partial charge on any atom is 0.150 e. The Morgan fingerprint density at radius 1 is 1.19 bits per heavy atom. The van der Waals surface area contributed by atoms with Gasteiger partial charge in [-0.15, -0.1) is 0 Å². The first-order valence-electron chi connectivity index (χ1n) is 7.24. The van der Waals surface area contributed by atoms with Crippen LogP contribution in [0.2, 0.25) is 0 Å². The van der Waals surface area contributed by atoms with Gasteiger partial charge in [-0.2, -0.15) is 0 Å². The van der Waals surface area contributed by atoms with E-state index in [4.69, 9.17) is 4.74 Å². The van der Waals surface area contributed by atoms with Crippen molar-refractivity contribution in [2.75, 3.05) is 6.61 Å². The molecule has 21 heavy (non-hydrogen) atoms. The third-order valence-electron chi connectivity index (χ3n) is 3.76. The molecule has 1 aliphatic carbocycles. The van der Waals surface area contributed by atoms with E-state index in [1.807, 2.05) is 13.0 Å². The molecular weight excluding hydrogens is 267 g/mol. The van der Waals surface area contributed by atoms with Gasteiger partial charge < -0.3 is 4.74 Å². The molecule has 3 rings (SSSR count). The average Bonchev–Trinajstić information content (AvgIpc) is 3.32. The van der Waals surface area contributed by atoms with Crippen LogP contribution in [0.1, 0.15) is 41.6 Å². The van der Waals surface area contributed by atoms with Gasteiger partial charge in [-0.05, 0) is 61.1 Å². The Bertz CT molecular complexity index is 675. The van der Waals surface area contributed by atoms with Crippen molar-refractivity contribution in [1.82, 2.24) is 0 Å². The predicted molar refractivity (Wildman–Crippen MR) is 80.4 cm³/mol. The second kappa shape index (κ2) is 5.68. The molecule has 0 atom stereocenters. The molecule has 0 N–H and O–H groups in total. The van der Waals surface area contributed by atoms with Crippen LogP contribution in [0.15, 0.2) is 36.4 Å². The standard InChI is InChI=1S/C18H17FO2/c1-2-21-18-9-12(11-20)3-7-16(18)15-8-6-14(19)10-17(15)13-4-5-13/h3,6-11,13H,2,4-5H2,1H3. The lowest BCUT2D eigenvalue weighted by molar-refractivity contribution is 0.112. The van der Waals surface area contributed by atoms with Crippen LogP contribution in [0.4, 0.5) is 4.39 Å². The second-order valence-corrected chi connectivity index (χ2v) is 5.31. The molecule has 2 nitrogen and oxygen atoms in total. The van der Waals surface area contributed by atoms with E-state index in [9.17, 15) is 9.18 Å². The van der Waals surface area contributed by atoms with Crippen LogP contribution in [0.3, 0.4) is 0 Å². The van der Waals surface area contributed by atoms with Gasteiger partial charge in [0.15, 0.2) is 0 Å². The van der Waals surface area contributed by atoms with Gasteiger partial charge in [-0.1, -0.05) is 12.1 Å². The molecule has 0 heterocycles. The van der Waals surface area contributed by atoms with E-state index in [-0.39, 0.29) is 5.82 Å². The van der Waals surface area contributed by atoms with E-state index in [1.54, 1.807) is 24.3 Å². The van der Waals surface area contributed by atoms with E-state index < -0.39 is 0 Å². The molecule has 108 valence electrons. The minimum absolute atomic E-state index is 0.205. The zero-order valence-electron chi connectivity index (χ0n) is 11.9. The summed E-state index contributed by atoms with van der Waals surface area (Å²) in [6, 6.07) is 10.3. The molecule has 2 aromatic carbocycles. The third kappa shape index (κ3) is 2.82. The summed E-state index contributed by atoms with van der Waals surface area (Å²) in [5, 5.41) is 0. The van der Waals surface area contributed by atoms with Gasteiger partial charge in [0, 0.05) is 11.1 Å². The lowest BCUT2D eigenvalue weighted by atomic mass is 9.95. The second-order valence-electron chi connectivity index (χ2n) is 5.31. The Morgan fingerprint density at radius 2 is 1.95 bits per heavy atom. The Hall–Kier alpha value is -2.16. The van der Waals surface area contributed by atoms with Gasteiger partial charge in [0.05, 0.1) is 6.61 Å². The number of hydrogen-bond donors (Lipinski definition) is 0. The molecule has 0 aliphatic heterocycles. The minimum atomic E-state index is -0.205. The van der Waals surface area contributed by atoms with Crippen molar-refractivity contribution in [3.63, 3.8) is 0 Å². The number of ether oxygens (including phenoxy) is 1. The lowest BCUT2D eigenvalue weighted by Gasteiger charge is -2.14.